The number of thiazole rings is 1. The molecular formula is C23H21N5OS. The maximum atomic E-state index is 12.4. The van der Waals surface area contributed by atoms with Crippen LogP contribution in [0.25, 0.3) is 21.3 Å². The van der Waals surface area contributed by atoms with Crippen molar-refractivity contribution in [1.29, 1.82) is 0 Å². The minimum atomic E-state index is -0.0791. The molecule has 0 aliphatic carbocycles. The molecule has 0 saturated heterocycles. The molecule has 5 N–H and O–H groups in total. The number of nitrogens with zero attached hydrogens (tertiary/aromatic N) is 2. The summed E-state index contributed by atoms with van der Waals surface area (Å²) in [5.41, 5.74) is 15.6. The molecule has 7 heteroatoms. The monoisotopic (exact) mass is 415 g/mol. The highest BCUT2D eigenvalue weighted by Crippen LogP contribution is 2.28. The standard InChI is InChI=1S/C23H21N5OS/c24-23(25)27-18-8-4-5-15(11-18)14-26-21(29)13-22-28-19-10-9-17(12-20(19)30-22)16-6-2-1-3-7-16/h1-12H,13-14H2,(H,26,29)(H4,24,25,27). The summed E-state index contributed by atoms with van der Waals surface area (Å²) in [6.07, 6.45) is 0.244. The summed E-state index contributed by atoms with van der Waals surface area (Å²) in [6, 6.07) is 23.8. The van der Waals surface area contributed by atoms with E-state index < -0.39 is 0 Å². The molecule has 4 rings (SSSR count). The van der Waals surface area contributed by atoms with E-state index in [4.69, 9.17) is 11.5 Å². The molecule has 0 atom stereocenters. The molecule has 0 bridgehead atoms. The van der Waals surface area contributed by atoms with Crippen LogP contribution in [0.15, 0.2) is 77.8 Å². The lowest BCUT2D eigenvalue weighted by Crippen LogP contribution is -2.24. The van der Waals surface area contributed by atoms with Crippen LogP contribution in [0.2, 0.25) is 0 Å². The van der Waals surface area contributed by atoms with Crippen molar-refractivity contribution in [1.82, 2.24) is 10.3 Å². The van der Waals surface area contributed by atoms with E-state index in [1.165, 1.54) is 0 Å². The zero-order valence-corrected chi connectivity index (χ0v) is 17.0. The van der Waals surface area contributed by atoms with Crippen molar-refractivity contribution < 1.29 is 4.79 Å². The van der Waals surface area contributed by atoms with E-state index in [1.807, 2.05) is 42.5 Å². The van der Waals surface area contributed by atoms with Gasteiger partial charge in [-0.1, -0.05) is 48.5 Å². The number of benzene rings is 3. The van der Waals surface area contributed by atoms with Crippen molar-refractivity contribution >= 4 is 39.1 Å². The number of nitrogens with two attached hydrogens (primary N) is 2. The van der Waals surface area contributed by atoms with Gasteiger partial charge in [-0.25, -0.2) is 9.98 Å². The van der Waals surface area contributed by atoms with E-state index in [-0.39, 0.29) is 18.3 Å². The number of aromatic nitrogens is 1. The Hall–Kier alpha value is -3.71. The van der Waals surface area contributed by atoms with Crippen LogP contribution in [0, 0.1) is 0 Å². The van der Waals surface area contributed by atoms with Crippen molar-refractivity contribution in [2.45, 2.75) is 13.0 Å². The summed E-state index contributed by atoms with van der Waals surface area (Å²) in [7, 11) is 0. The van der Waals surface area contributed by atoms with Gasteiger partial charge in [0.2, 0.25) is 5.91 Å². The van der Waals surface area contributed by atoms with Gasteiger partial charge < -0.3 is 16.8 Å². The average molecular weight is 416 g/mol. The molecule has 1 amide bonds. The Balaban J connectivity index is 1.41. The Morgan fingerprint density at radius 1 is 0.967 bits per heavy atom. The second-order valence-electron chi connectivity index (χ2n) is 6.82. The van der Waals surface area contributed by atoms with E-state index in [0.717, 1.165) is 31.9 Å². The van der Waals surface area contributed by atoms with Gasteiger partial charge in [-0.3, -0.25) is 4.79 Å². The second-order valence-corrected chi connectivity index (χ2v) is 7.93. The Morgan fingerprint density at radius 2 is 1.80 bits per heavy atom. The Morgan fingerprint density at radius 3 is 2.60 bits per heavy atom. The van der Waals surface area contributed by atoms with Crippen LogP contribution in [-0.4, -0.2) is 16.9 Å². The lowest BCUT2D eigenvalue weighted by molar-refractivity contribution is -0.120. The number of aliphatic imine (C=N–C) groups is 1. The molecule has 4 aromatic rings. The minimum absolute atomic E-state index is 0.00226. The fraction of sp³-hybridized carbons (Fsp3) is 0.0870. The molecule has 0 aliphatic rings. The molecule has 0 radical (unpaired) electrons. The van der Waals surface area contributed by atoms with Crippen LogP contribution < -0.4 is 16.8 Å². The SMILES string of the molecule is NC(N)=Nc1cccc(CNC(=O)Cc2nc3ccc(-c4ccccc4)cc3s2)c1. The highest BCUT2D eigenvalue weighted by molar-refractivity contribution is 7.18. The van der Waals surface area contributed by atoms with E-state index in [9.17, 15) is 4.79 Å². The number of hydrogen-bond acceptors (Lipinski definition) is 4. The fourth-order valence-corrected chi connectivity index (χ4v) is 4.15. The third kappa shape index (κ3) is 4.82. The smallest absolute Gasteiger partial charge is 0.227 e. The third-order valence-electron chi connectivity index (χ3n) is 4.51. The van der Waals surface area contributed by atoms with Crippen molar-refractivity contribution in [2.24, 2.45) is 16.5 Å². The normalized spacial score (nSPS) is 10.7. The molecule has 0 spiro atoms. The van der Waals surface area contributed by atoms with Crippen molar-refractivity contribution in [3.8, 4) is 11.1 Å². The zero-order chi connectivity index (χ0) is 20.9. The summed E-state index contributed by atoms with van der Waals surface area (Å²) in [5, 5.41) is 3.72. The number of carbonyl (C=O) groups is 1. The zero-order valence-electron chi connectivity index (χ0n) is 16.2. The van der Waals surface area contributed by atoms with Crippen molar-refractivity contribution in [3.05, 3.63) is 83.4 Å². The molecule has 0 unspecified atom stereocenters. The average Bonchev–Trinajstić information content (AvgIpc) is 3.14. The summed E-state index contributed by atoms with van der Waals surface area (Å²) >= 11 is 1.55. The van der Waals surface area contributed by atoms with Gasteiger partial charge in [0.15, 0.2) is 5.96 Å². The quantitative estimate of drug-likeness (QED) is 0.329. The summed E-state index contributed by atoms with van der Waals surface area (Å²) < 4.78 is 1.07. The Labute approximate surface area is 178 Å². The number of nitrogens with one attached hydrogen (secondary N) is 1. The van der Waals surface area contributed by atoms with Gasteiger partial charge in [-0.2, -0.15) is 0 Å². The molecular weight excluding hydrogens is 394 g/mol. The van der Waals surface area contributed by atoms with Gasteiger partial charge in [-0.05, 0) is 41.0 Å². The molecule has 6 nitrogen and oxygen atoms in total. The lowest BCUT2D eigenvalue weighted by Gasteiger charge is -2.05. The van der Waals surface area contributed by atoms with Gasteiger partial charge in [0.05, 0.1) is 22.3 Å². The number of carbonyl (C=O) groups excluding carboxylic acids is 1. The van der Waals surface area contributed by atoms with Gasteiger partial charge in [0, 0.05) is 6.54 Å². The van der Waals surface area contributed by atoms with Crippen molar-refractivity contribution in [2.75, 3.05) is 0 Å². The van der Waals surface area contributed by atoms with E-state index in [0.29, 0.717) is 12.2 Å². The maximum absolute atomic E-state index is 12.4. The van der Waals surface area contributed by atoms with E-state index in [2.05, 4.69) is 39.6 Å². The Bertz CT molecular complexity index is 1210. The molecule has 30 heavy (non-hydrogen) atoms. The maximum Gasteiger partial charge on any atom is 0.227 e. The van der Waals surface area contributed by atoms with Gasteiger partial charge in [-0.15, -0.1) is 11.3 Å². The topological polar surface area (TPSA) is 106 Å². The third-order valence-corrected chi connectivity index (χ3v) is 5.53. The van der Waals surface area contributed by atoms with Crippen molar-refractivity contribution in [3.63, 3.8) is 0 Å². The van der Waals surface area contributed by atoms with Gasteiger partial charge in [0.1, 0.15) is 5.01 Å². The second kappa shape index (κ2) is 8.75. The highest BCUT2D eigenvalue weighted by Gasteiger charge is 2.10. The minimum Gasteiger partial charge on any atom is -0.370 e. The highest BCUT2D eigenvalue weighted by atomic mass is 32.1. The number of guanidine groups is 1. The number of hydrogen-bond donors (Lipinski definition) is 3. The molecule has 3 aromatic carbocycles. The van der Waals surface area contributed by atoms with Crippen LogP contribution in [0.4, 0.5) is 5.69 Å². The van der Waals surface area contributed by atoms with Crippen LogP contribution in [0.5, 0.6) is 0 Å². The first-order chi connectivity index (χ1) is 14.6. The first-order valence-electron chi connectivity index (χ1n) is 9.47. The van der Waals surface area contributed by atoms with Crippen LogP contribution in [0.3, 0.4) is 0 Å². The van der Waals surface area contributed by atoms with Crippen LogP contribution >= 0.6 is 11.3 Å². The molecule has 0 saturated carbocycles. The first-order valence-corrected chi connectivity index (χ1v) is 10.3. The van der Waals surface area contributed by atoms with Gasteiger partial charge >= 0.3 is 0 Å². The van der Waals surface area contributed by atoms with E-state index >= 15 is 0 Å². The lowest BCUT2D eigenvalue weighted by atomic mass is 10.1. The summed E-state index contributed by atoms with van der Waals surface area (Å²) in [4.78, 5) is 21.0. The number of amides is 1. The first kappa shape index (κ1) is 19.6. The summed E-state index contributed by atoms with van der Waals surface area (Å²) in [5.74, 6) is -0.0768. The van der Waals surface area contributed by atoms with Gasteiger partial charge in [0.25, 0.3) is 0 Å². The molecule has 0 aliphatic heterocycles. The Kier molecular flexibility index (Phi) is 5.72. The number of rotatable bonds is 6. The molecule has 150 valence electrons. The predicted molar refractivity (Wildman–Crippen MR) is 123 cm³/mol. The fourth-order valence-electron chi connectivity index (χ4n) is 3.14. The number of fused-ring (bicyclic) bond motifs is 1. The molecule has 1 heterocycles. The molecule has 1 aromatic heterocycles. The van der Waals surface area contributed by atoms with Crippen LogP contribution in [-0.2, 0) is 17.8 Å². The predicted octanol–water partition coefficient (Wildman–Crippen LogP) is 3.73. The largest absolute Gasteiger partial charge is 0.370 e. The summed E-state index contributed by atoms with van der Waals surface area (Å²) in [6.45, 7) is 0.399. The molecule has 0 fully saturated rings. The van der Waals surface area contributed by atoms with E-state index in [1.54, 1.807) is 17.4 Å². The van der Waals surface area contributed by atoms with Crippen LogP contribution in [0.1, 0.15) is 10.6 Å².